The first-order chi connectivity index (χ1) is 5.76. The largest absolute Gasteiger partial charge is 0.378 e. The predicted octanol–water partition coefficient (Wildman–Crippen LogP) is 0.783. The smallest absolute Gasteiger partial charge is 0.236 e. The molecule has 0 heterocycles. The van der Waals surface area contributed by atoms with Crippen LogP contribution in [-0.2, 0) is 9.53 Å². The summed E-state index contributed by atoms with van der Waals surface area (Å²) in [5.41, 5.74) is -0.832. The third kappa shape index (κ3) is 1.53. The molecule has 0 unspecified atom stereocenters. The maximum Gasteiger partial charge on any atom is 0.236 e. The molecule has 64 valence electrons. The van der Waals surface area contributed by atoms with Gasteiger partial charge in [-0.05, 0) is 6.92 Å². The van der Waals surface area contributed by atoms with E-state index in [9.17, 15) is 4.79 Å². The highest BCUT2D eigenvalue weighted by molar-refractivity contribution is 5.38. The molecule has 0 atom stereocenters. The summed E-state index contributed by atoms with van der Waals surface area (Å²) in [5.74, 6) is 0. The highest BCUT2D eigenvalue weighted by atomic mass is 16.5. The minimum absolute atomic E-state index is 0.0896. The van der Waals surface area contributed by atoms with Gasteiger partial charge in [-0.15, -0.1) is 0 Å². The Kier molecular flexibility index (Phi) is 2.59. The van der Waals surface area contributed by atoms with Crippen molar-refractivity contribution in [3.8, 4) is 6.07 Å². The van der Waals surface area contributed by atoms with E-state index in [0.717, 1.165) is 0 Å². The van der Waals surface area contributed by atoms with Crippen LogP contribution in [0, 0.1) is 11.3 Å². The molecule has 1 aliphatic rings. The van der Waals surface area contributed by atoms with E-state index in [1.54, 1.807) is 0 Å². The second-order valence-electron chi connectivity index (χ2n) is 2.83. The molecular formula is C8H10N2O2. The fourth-order valence-electron chi connectivity index (χ4n) is 1.34. The van der Waals surface area contributed by atoms with Crippen LogP contribution in [0.4, 0.5) is 0 Å². The first-order valence-corrected chi connectivity index (χ1v) is 3.88. The van der Waals surface area contributed by atoms with Crippen LogP contribution in [0.2, 0.25) is 0 Å². The minimum Gasteiger partial charge on any atom is -0.378 e. The number of hydrogen-bond acceptors (Lipinski definition) is 4. The maximum atomic E-state index is 9.95. The number of aliphatic imine (C=N–C) groups is 1. The number of ether oxygens (including phenoxy) is 1. The Morgan fingerprint density at radius 3 is 2.83 bits per heavy atom. The number of isocyanates is 1. The van der Waals surface area contributed by atoms with Gasteiger partial charge in [0.1, 0.15) is 0 Å². The SMILES string of the molecule is CCOC1CC(C#N)(N=C=O)C1. The Balaban J connectivity index is 2.48. The Labute approximate surface area is 70.9 Å². The van der Waals surface area contributed by atoms with Crippen molar-refractivity contribution in [2.75, 3.05) is 6.61 Å². The number of nitriles is 1. The highest BCUT2D eigenvalue weighted by Crippen LogP contribution is 2.37. The van der Waals surface area contributed by atoms with Gasteiger partial charge in [0, 0.05) is 19.4 Å². The normalized spacial score (nSPS) is 32.8. The lowest BCUT2D eigenvalue weighted by Crippen LogP contribution is -2.45. The molecule has 0 aliphatic heterocycles. The lowest BCUT2D eigenvalue weighted by atomic mass is 9.76. The molecule has 0 N–H and O–H groups in total. The van der Waals surface area contributed by atoms with Crippen molar-refractivity contribution in [3.05, 3.63) is 0 Å². The topological polar surface area (TPSA) is 62.4 Å². The van der Waals surface area contributed by atoms with Crippen LogP contribution in [0.25, 0.3) is 0 Å². The van der Waals surface area contributed by atoms with Crippen LogP contribution in [-0.4, -0.2) is 24.3 Å². The molecule has 0 bridgehead atoms. The molecular weight excluding hydrogens is 156 g/mol. The Bertz CT molecular complexity index is 244. The van der Waals surface area contributed by atoms with Gasteiger partial charge in [-0.25, -0.2) is 4.79 Å². The molecule has 12 heavy (non-hydrogen) atoms. The first kappa shape index (κ1) is 8.92. The predicted molar refractivity (Wildman–Crippen MR) is 41.1 cm³/mol. The van der Waals surface area contributed by atoms with Gasteiger partial charge in [0.25, 0.3) is 0 Å². The number of rotatable bonds is 3. The van der Waals surface area contributed by atoms with Crippen molar-refractivity contribution >= 4 is 6.08 Å². The first-order valence-electron chi connectivity index (χ1n) is 3.88. The molecule has 0 aromatic rings. The van der Waals surface area contributed by atoms with E-state index in [2.05, 4.69) is 4.99 Å². The van der Waals surface area contributed by atoms with Crippen molar-refractivity contribution in [3.63, 3.8) is 0 Å². The Morgan fingerprint density at radius 2 is 2.42 bits per heavy atom. The number of hydrogen-bond donors (Lipinski definition) is 0. The van der Waals surface area contributed by atoms with E-state index in [4.69, 9.17) is 10.00 Å². The summed E-state index contributed by atoms with van der Waals surface area (Å²) in [4.78, 5) is 13.4. The van der Waals surface area contributed by atoms with Gasteiger partial charge >= 0.3 is 0 Å². The van der Waals surface area contributed by atoms with Crippen LogP contribution in [0.3, 0.4) is 0 Å². The fraction of sp³-hybridized carbons (Fsp3) is 0.750. The summed E-state index contributed by atoms with van der Waals surface area (Å²) >= 11 is 0. The summed E-state index contributed by atoms with van der Waals surface area (Å²) in [6.07, 6.45) is 2.55. The average Bonchev–Trinajstić information content (AvgIpc) is 2.01. The van der Waals surface area contributed by atoms with Gasteiger partial charge in [0.05, 0.1) is 12.2 Å². The van der Waals surface area contributed by atoms with Crippen molar-refractivity contribution in [1.82, 2.24) is 0 Å². The molecule has 1 aliphatic carbocycles. The molecule has 0 aromatic carbocycles. The zero-order chi connectivity index (χ0) is 9.03. The number of nitrogens with zero attached hydrogens (tertiary/aromatic N) is 2. The van der Waals surface area contributed by atoms with Crippen molar-refractivity contribution < 1.29 is 9.53 Å². The molecule has 0 aromatic heterocycles. The van der Waals surface area contributed by atoms with Gasteiger partial charge in [-0.1, -0.05) is 0 Å². The quantitative estimate of drug-likeness (QED) is 0.459. The monoisotopic (exact) mass is 166 g/mol. The van der Waals surface area contributed by atoms with Crippen molar-refractivity contribution in [2.45, 2.75) is 31.4 Å². The van der Waals surface area contributed by atoms with Crippen molar-refractivity contribution in [2.24, 2.45) is 4.99 Å². The standard InChI is InChI=1S/C8H10N2O2/c1-2-12-7-3-8(4-7,5-9)10-6-11/h7H,2-4H2,1H3. The van der Waals surface area contributed by atoms with E-state index in [1.165, 1.54) is 6.08 Å². The van der Waals surface area contributed by atoms with E-state index in [-0.39, 0.29) is 6.10 Å². The Hall–Kier alpha value is -1.17. The van der Waals surface area contributed by atoms with Crippen LogP contribution in [0.5, 0.6) is 0 Å². The molecule has 0 radical (unpaired) electrons. The lowest BCUT2D eigenvalue weighted by molar-refractivity contribution is -0.0191. The second-order valence-corrected chi connectivity index (χ2v) is 2.83. The summed E-state index contributed by atoms with van der Waals surface area (Å²) in [6.45, 7) is 2.53. The van der Waals surface area contributed by atoms with Crippen molar-refractivity contribution in [1.29, 1.82) is 5.26 Å². The van der Waals surface area contributed by atoms with Gasteiger partial charge in [0.15, 0.2) is 5.54 Å². The van der Waals surface area contributed by atoms with E-state index in [1.807, 2.05) is 13.0 Å². The molecule has 0 amide bonds. The summed E-state index contributed by atoms with van der Waals surface area (Å²) in [5, 5.41) is 8.68. The maximum absolute atomic E-state index is 9.95. The molecule has 1 fully saturated rings. The van der Waals surface area contributed by atoms with Gasteiger partial charge in [-0.2, -0.15) is 10.3 Å². The van der Waals surface area contributed by atoms with Crippen LogP contribution in [0.1, 0.15) is 19.8 Å². The van der Waals surface area contributed by atoms with E-state index >= 15 is 0 Å². The number of carbonyl (C=O) groups excluding carboxylic acids is 1. The molecule has 0 spiro atoms. The zero-order valence-electron chi connectivity index (χ0n) is 6.91. The molecule has 4 nitrogen and oxygen atoms in total. The second kappa shape index (κ2) is 3.48. The third-order valence-corrected chi connectivity index (χ3v) is 2.00. The van der Waals surface area contributed by atoms with Crippen LogP contribution < -0.4 is 0 Å². The van der Waals surface area contributed by atoms with E-state index < -0.39 is 5.54 Å². The summed E-state index contributed by atoms with van der Waals surface area (Å²) in [6, 6.07) is 2.00. The fourth-order valence-corrected chi connectivity index (χ4v) is 1.34. The third-order valence-electron chi connectivity index (χ3n) is 2.00. The average molecular weight is 166 g/mol. The molecule has 0 saturated heterocycles. The van der Waals surface area contributed by atoms with Gasteiger partial charge < -0.3 is 4.74 Å². The summed E-state index contributed by atoms with van der Waals surface area (Å²) < 4.78 is 5.24. The van der Waals surface area contributed by atoms with E-state index in [0.29, 0.717) is 19.4 Å². The molecule has 1 saturated carbocycles. The van der Waals surface area contributed by atoms with Crippen LogP contribution >= 0.6 is 0 Å². The summed E-state index contributed by atoms with van der Waals surface area (Å²) in [7, 11) is 0. The van der Waals surface area contributed by atoms with Crippen LogP contribution in [0.15, 0.2) is 4.99 Å². The molecule has 1 rings (SSSR count). The molecule has 4 heteroatoms. The minimum atomic E-state index is -0.832. The van der Waals surface area contributed by atoms with Gasteiger partial charge in [0.2, 0.25) is 6.08 Å². The Morgan fingerprint density at radius 1 is 1.75 bits per heavy atom. The zero-order valence-corrected chi connectivity index (χ0v) is 6.91. The highest BCUT2D eigenvalue weighted by Gasteiger charge is 2.45. The van der Waals surface area contributed by atoms with Gasteiger partial charge in [-0.3, -0.25) is 0 Å². The lowest BCUT2D eigenvalue weighted by Gasteiger charge is -2.37.